The van der Waals surface area contributed by atoms with Gasteiger partial charge in [0.2, 0.25) is 0 Å². The maximum absolute atomic E-state index is 12.3. The summed E-state index contributed by atoms with van der Waals surface area (Å²) < 4.78 is 5.61. The van der Waals surface area contributed by atoms with Gasteiger partial charge in [-0.3, -0.25) is 4.79 Å². The van der Waals surface area contributed by atoms with Crippen molar-refractivity contribution in [1.82, 2.24) is 9.80 Å². The number of nitrogens with zero attached hydrogens (tertiary/aromatic N) is 2. The molecule has 0 spiro atoms. The van der Waals surface area contributed by atoms with Crippen LogP contribution in [0.3, 0.4) is 0 Å². The Hall–Kier alpha value is -1.75. The highest BCUT2D eigenvalue weighted by Crippen LogP contribution is 2.22. The van der Waals surface area contributed by atoms with E-state index < -0.39 is 0 Å². The number of hydrogen-bond acceptors (Lipinski definition) is 5. The monoisotopic (exact) mass is 673 g/mol. The van der Waals surface area contributed by atoms with Gasteiger partial charge < -0.3 is 19.6 Å². The second-order valence-electron chi connectivity index (χ2n) is 14.3. The molecular weight excluding hydrogens is 592 g/mol. The van der Waals surface area contributed by atoms with Crippen LogP contribution >= 0.6 is 0 Å². The number of aliphatic hydroxyl groups is 1. The summed E-state index contributed by atoms with van der Waals surface area (Å²) in [6, 6.07) is 0. The van der Waals surface area contributed by atoms with Gasteiger partial charge in [-0.2, -0.15) is 0 Å². The quantitative estimate of drug-likeness (QED) is 0.0408. The van der Waals surface area contributed by atoms with E-state index in [1.807, 2.05) is 0 Å². The van der Waals surface area contributed by atoms with Crippen LogP contribution in [0.4, 0.5) is 0 Å². The van der Waals surface area contributed by atoms with E-state index in [0.717, 1.165) is 19.3 Å². The zero-order valence-electron chi connectivity index (χ0n) is 32.0. The minimum atomic E-state index is -0.0622. The van der Waals surface area contributed by atoms with Crippen molar-refractivity contribution in [2.24, 2.45) is 0 Å². The van der Waals surface area contributed by atoms with Crippen molar-refractivity contribution in [3.05, 3.63) is 36.7 Å². The van der Waals surface area contributed by atoms with Gasteiger partial charge in [0, 0.05) is 25.4 Å². The zero-order valence-corrected chi connectivity index (χ0v) is 32.0. The highest BCUT2D eigenvalue weighted by Gasteiger charge is 2.25. The summed E-state index contributed by atoms with van der Waals surface area (Å²) in [6.07, 6.45) is 50.5. The Labute approximate surface area is 299 Å². The number of carbonyl (C=O) groups is 1. The van der Waals surface area contributed by atoms with E-state index in [-0.39, 0.29) is 18.7 Å². The average molecular weight is 673 g/mol. The van der Waals surface area contributed by atoms with Crippen molar-refractivity contribution in [2.75, 3.05) is 26.3 Å². The standard InChI is InChI=1S/C43H80N2O3/c1-3-5-7-9-11-13-15-17-19-21-22-24-26-28-30-32-34-42-44(38-40-46)36-37-45(42)39-41-48-43(47)35-33-31-29-27-25-23-20-18-16-14-12-10-8-6-4-2/h17-20,36-37,42,46H,3-16,21-35,38-41H2,1-2H3/b19-17-,20-18-. The van der Waals surface area contributed by atoms with Crippen molar-refractivity contribution in [1.29, 1.82) is 0 Å². The highest BCUT2D eigenvalue weighted by molar-refractivity contribution is 5.69. The number of allylic oxidation sites excluding steroid dienone is 4. The SMILES string of the molecule is CCCCCCCC/C=C\CCCCCCCCC1N(CCO)C=CN1CCOC(=O)CCCCCCC/C=C\CCCCCCCC. The van der Waals surface area contributed by atoms with E-state index in [1.165, 1.54) is 161 Å². The fraction of sp³-hybridized carbons (Fsp3) is 0.837. The molecule has 1 rings (SSSR count). The molecule has 1 atom stereocenters. The molecule has 5 heteroatoms. The van der Waals surface area contributed by atoms with Crippen LogP contribution in [0.5, 0.6) is 0 Å². The first kappa shape index (κ1) is 44.3. The molecule has 1 unspecified atom stereocenters. The summed E-state index contributed by atoms with van der Waals surface area (Å²) in [5.74, 6) is -0.0622. The van der Waals surface area contributed by atoms with Gasteiger partial charge in [-0.1, -0.05) is 147 Å². The maximum Gasteiger partial charge on any atom is 0.305 e. The first-order chi connectivity index (χ1) is 23.7. The first-order valence-corrected chi connectivity index (χ1v) is 21.0. The van der Waals surface area contributed by atoms with Crippen molar-refractivity contribution in [3.8, 4) is 0 Å². The molecule has 0 fully saturated rings. The van der Waals surface area contributed by atoms with Crippen LogP contribution in [-0.2, 0) is 9.53 Å². The Morgan fingerprint density at radius 2 is 0.958 bits per heavy atom. The lowest BCUT2D eigenvalue weighted by molar-refractivity contribution is -0.144. The van der Waals surface area contributed by atoms with E-state index in [4.69, 9.17) is 4.74 Å². The molecule has 0 aromatic heterocycles. The second kappa shape index (κ2) is 35.1. The summed E-state index contributed by atoms with van der Waals surface area (Å²) in [7, 11) is 0. The maximum atomic E-state index is 12.3. The summed E-state index contributed by atoms with van der Waals surface area (Å²) in [4.78, 5) is 16.9. The van der Waals surface area contributed by atoms with Crippen molar-refractivity contribution < 1.29 is 14.6 Å². The van der Waals surface area contributed by atoms with E-state index in [2.05, 4.69) is 60.4 Å². The molecule has 5 nitrogen and oxygen atoms in total. The minimum Gasteiger partial charge on any atom is -0.464 e. The molecule has 0 aliphatic carbocycles. The molecule has 0 bridgehead atoms. The Morgan fingerprint density at radius 1 is 0.562 bits per heavy atom. The van der Waals surface area contributed by atoms with Crippen molar-refractivity contribution in [2.45, 2.75) is 206 Å². The van der Waals surface area contributed by atoms with Gasteiger partial charge in [0.1, 0.15) is 12.8 Å². The van der Waals surface area contributed by atoms with E-state index in [1.54, 1.807) is 0 Å². The third-order valence-electron chi connectivity index (χ3n) is 9.80. The summed E-state index contributed by atoms with van der Waals surface area (Å²) >= 11 is 0. The third kappa shape index (κ3) is 27.1. The summed E-state index contributed by atoms with van der Waals surface area (Å²) in [5.41, 5.74) is 0. The predicted octanol–water partition coefficient (Wildman–Crippen LogP) is 12.4. The molecule has 1 aliphatic heterocycles. The predicted molar refractivity (Wildman–Crippen MR) is 208 cm³/mol. The third-order valence-corrected chi connectivity index (χ3v) is 9.80. The van der Waals surface area contributed by atoms with Crippen LogP contribution in [0, 0.1) is 0 Å². The fourth-order valence-corrected chi connectivity index (χ4v) is 6.71. The largest absolute Gasteiger partial charge is 0.464 e. The molecular formula is C43H80N2O3. The molecule has 1 aliphatic rings. The number of β-amino-alcohol motifs (C(OH)–C–C–N with tert-alkyl or cyclic N) is 1. The van der Waals surface area contributed by atoms with Gasteiger partial charge in [-0.05, 0) is 70.6 Å². The Bertz CT molecular complexity index is 780. The molecule has 48 heavy (non-hydrogen) atoms. The lowest BCUT2D eigenvalue weighted by Gasteiger charge is -2.32. The molecule has 1 heterocycles. The van der Waals surface area contributed by atoms with Crippen LogP contribution in [-0.4, -0.2) is 53.3 Å². The van der Waals surface area contributed by atoms with Gasteiger partial charge in [0.25, 0.3) is 0 Å². The number of esters is 1. The number of carbonyl (C=O) groups excluding carboxylic acids is 1. The van der Waals surface area contributed by atoms with Crippen molar-refractivity contribution in [3.63, 3.8) is 0 Å². The zero-order chi connectivity index (χ0) is 34.6. The number of unbranched alkanes of at least 4 members (excludes halogenated alkanes) is 23. The van der Waals surface area contributed by atoms with E-state index >= 15 is 0 Å². The molecule has 0 radical (unpaired) electrons. The number of ether oxygens (including phenoxy) is 1. The van der Waals surface area contributed by atoms with Crippen LogP contribution in [0.15, 0.2) is 36.7 Å². The first-order valence-electron chi connectivity index (χ1n) is 21.0. The molecule has 0 saturated heterocycles. The van der Waals surface area contributed by atoms with Crippen LogP contribution in [0.25, 0.3) is 0 Å². The lowest BCUT2D eigenvalue weighted by atomic mass is 10.1. The molecule has 280 valence electrons. The van der Waals surface area contributed by atoms with Crippen LogP contribution in [0.1, 0.15) is 200 Å². The molecule has 0 aromatic rings. The van der Waals surface area contributed by atoms with E-state index in [9.17, 15) is 9.90 Å². The average Bonchev–Trinajstić information content (AvgIpc) is 3.47. The van der Waals surface area contributed by atoms with E-state index in [0.29, 0.717) is 26.1 Å². The van der Waals surface area contributed by atoms with Gasteiger partial charge in [-0.15, -0.1) is 0 Å². The second-order valence-corrected chi connectivity index (χ2v) is 14.3. The number of hydrogen-bond donors (Lipinski definition) is 1. The van der Waals surface area contributed by atoms with Gasteiger partial charge in [0.15, 0.2) is 0 Å². The molecule has 0 saturated carbocycles. The minimum absolute atomic E-state index is 0.0622. The van der Waals surface area contributed by atoms with Gasteiger partial charge in [0.05, 0.1) is 13.2 Å². The highest BCUT2D eigenvalue weighted by atomic mass is 16.5. The summed E-state index contributed by atoms with van der Waals surface area (Å²) in [5, 5.41) is 9.55. The topological polar surface area (TPSA) is 53.0 Å². The molecule has 0 aromatic carbocycles. The molecule has 0 amide bonds. The summed E-state index contributed by atoms with van der Waals surface area (Å²) in [6.45, 7) is 6.52. The fourth-order valence-electron chi connectivity index (χ4n) is 6.71. The van der Waals surface area contributed by atoms with Crippen LogP contribution < -0.4 is 0 Å². The lowest BCUT2D eigenvalue weighted by Crippen LogP contribution is -2.41. The van der Waals surface area contributed by atoms with Crippen LogP contribution in [0.2, 0.25) is 0 Å². The Balaban J connectivity index is 2.03. The Kier molecular flexibility index (Phi) is 32.4. The normalized spacial score (nSPS) is 14.8. The van der Waals surface area contributed by atoms with Gasteiger partial charge >= 0.3 is 5.97 Å². The smallest absolute Gasteiger partial charge is 0.305 e. The van der Waals surface area contributed by atoms with Crippen molar-refractivity contribution >= 4 is 5.97 Å². The number of aliphatic hydroxyl groups excluding tert-OH is 1. The van der Waals surface area contributed by atoms with Gasteiger partial charge in [-0.25, -0.2) is 0 Å². The Morgan fingerprint density at radius 3 is 1.42 bits per heavy atom. The number of rotatable bonds is 36. The molecule has 1 N–H and O–H groups in total.